The van der Waals surface area contributed by atoms with Gasteiger partial charge in [0.25, 0.3) is 0 Å². The van der Waals surface area contributed by atoms with Crippen molar-refractivity contribution in [2.75, 3.05) is 13.1 Å². The summed E-state index contributed by atoms with van der Waals surface area (Å²) < 4.78 is 0. The van der Waals surface area contributed by atoms with E-state index in [-0.39, 0.29) is 23.8 Å². The molecule has 0 aromatic carbocycles. The molecule has 1 aromatic heterocycles. The predicted octanol–water partition coefficient (Wildman–Crippen LogP) is 2.86. The number of carboxylic acids is 1. The first-order valence-electron chi connectivity index (χ1n) is 10.8. The van der Waals surface area contributed by atoms with Gasteiger partial charge in [0, 0.05) is 42.3 Å². The highest BCUT2D eigenvalue weighted by atomic mass is 32.1. The molecular weight excluding hydrogens is 374 g/mol. The molecule has 1 aliphatic heterocycles. The molecule has 3 N–H and O–H groups in total. The second-order valence-electron chi connectivity index (χ2n) is 8.62. The third-order valence-electron chi connectivity index (χ3n) is 6.73. The standard InChI is InChI=1S/C21H31N3O3S/c25-19(13-1-3-15(4-2-13)21(26)27)23-16-7-5-14(6-8-16)20-24-17-9-11-22-12-10-18(17)28-20/h13-16,22H,1-12H2,(H,23,25)(H,26,27)/t13-,14-,15-,16-. The van der Waals surface area contributed by atoms with Crippen LogP contribution in [0, 0.1) is 11.8 Å². The molecule has 0 radical (unpaired) electrons. The van der Waals surface area contributed by atoms with Gasteiger partial charge >= 0.3 is 5.97 Å². The fourth-order valence-electron chi connectivity index (χ4n) is 4.91. The number of aromatic nitrogens is 1. The van der Waals surface area contributed by atoms with Crippen LogP contribution in [0.4, 0.5) is 0 Å². The number of carbonyl (C=O) groups is 2. The van der Waals surface area contributed by atoms with E-state index in [2.05, 4.69) is 10.6 Å². The summed E-state index contributed by atoms with van der Waals surface area (Å²) in [4.78, 5) is 30.1. The molecule has 0 atom stereocenters. The van der Waals surface area contributed by atoms with Gasteiger partial charge in [-0.25, -0.2) is 4.98 Å². The Bertz CT molecular complexity index is 680. The fraction of sp³-hybridized carbons (Fsp3) is 0.762. The van der Waals surface area contributed by atoms with Crippen molar-refractivity contribution in [1.29, 1.82) is 0 Å². The van der Waals surface area contributed by atoms with Gasteiger partial charge in [0.15, 0.2) is 0 Å². The van der Waals surface area contributed by atoms with Crippen LogP contribution in [0.15, 0.2) is 0 Å². The summed E-state index contributed by atoms with van der Waals surface area (Å²) in [5.74, 6) is -0.294. The maximum absolute atomic E-state index is 12.6. The van der Waals surface area contributed by atoms with Gasteiger partial charge in [0.2, 0.25) is 5.91 Å². The lowest BCUT2D eigenvalue weighted by Gasteiger charge is -2.31. The lowest BCUT2D eigenvalue weighted by molar-refractivity contribution is -0.144. The van der Waals surface area contributed by atoms with E-state index in [1.54, 1.807) is 0 Å². The molecule has 3 aliphatic rings. The van der Waals surface area contributed by atoms with Crippen LogP contribution in [0.25, 0.3) is 0 Å². The molecule has 0 saturated heterocycles. The summed E-state index contributed by atoms with van der Waals surface area (Å²) in [6.45, 7) is 2.09. The van der Waals surface area contributed by atoms with E-state index < -0.39 is 5.97 Å². The van der Waals surface area contributed by atoms with Crippen molar-refractivity contribution in [1.82, 2.24) is 15.6 Å². The predicted molar refractivity (Wildman–Crippen MR) is 109 cm³/mol. The smallest absolute Gasteiger partial charge is 0.306 e. The van der Waals surface area contributed by atoms with Crippen LogP contribution in [0.3, 0.4) is 0 Å². The number of fused-ring (bicyclic) bond motifs is 1. The number of nitrogens with one attached hydrogen (secondary N) is 2. The Balaban J connectivity index is 1.24. The number of carbonyl (C=O) groups excluding carboxylic acids is 1. The lowest BCUT2D eigenvalue weighted by atomic mass is 9.81. The molecule has 0 unspecified atom stereocenters. The van der Waals surface area contributed by atoms with E-state index in [4.69, 9.17) is 10.1 Å². The van der Waals surface area contributed by atoms with Gasteiger partial charge in [-0.2, -0.15) is 0 Å². The average Bonchev–Trinajstić information content (AvgIpc) is 2.99. The van der Waals surface area contributed by atoms with Crippen molar-refractivity contribution in [2.24, 2.45) is 11.8 Å². The summed E-state index contributed by atoms with van der Waals surface area (Å²) >= 11 is 1.91. The second kappa shape index (κ2) is 8.91. The molecule has 28 heavy (non-hydrogen) atoms. The number of nitrogens with zero attached hydrogens (tertiary/aromatic N) is 1. The molecule has 2 fully saturated rings. The minimum Gasteiger partial charge on any atom is -0.481 e. The molecule has 0 bridgehead atoms. The SMILES string of the molecule is O=C(O)[C@H]1CC[C@H](C(=O)N[C@H]2CC[C@H](c3nc4c(s3)CCNCC4)CC2)CC1. The van der Waals surface area contributed by atoms with E-state index in [1.807, 2.05) is 11.3 Å². The summed E-state index contributed by atoms with van der Waals surface area (Å²) in [6.07, 6.45) is 9.05. The largest absolute Gasteiger partial charge is 0.481 e. The molecule has 2 saturated carbocycles. The number of carboxylic acid groups (broad SMARTS) is 1. The molecule has 7 heteroatoms. The van der Waals surface area contributed by atoms with E-state index in [0.29, 0.717) is 31.6 Å². The van der Waals surface area contributed by atoms with Crippen molar-refractivity contribution in [3.8, 4) is 0 Å². The molecule has 1 aromatic rings. The average molecular weight is 406 g/mol. The number of aliphatic carboxylic acids is 1. The first kappa shape index (κ1) is 19.8. The van der Waals surface area contributed by atoms with Gasteiger partial charge in [-0.05, 0) is 57.8 Å². The van der Waals surface area contributed by atoms with Gasteiger partial charge < -0.3 is 15.7 Å². The van der Waals surface area contributed by atoms with Crippen molar-refractivity contribution in [3.63, 3.8) is 0 Å². The van der Waals surface area contributed by atoms with Crippen molar-refractivity contribution < 1.29 is 14.7 Å². The summed E-state index contributed by atoms with van der Waals surface area (Å²) in [7, 11) is 0. The zero-order valence-corrected chi connectivity index (χ0v) is 17.2. The third-order valence-corrected chi connectivity index (χ3v) is 8.05. The van der Waals surface area contributed by atoms with Gasteiger partial charge in [-0.15, -0.1) is 11.3 Å². The van der Waals surface area contributed by atoms with E-state index in [9.17, 15) is 9.59 Å². The normalized spacial score (nSPS) is 30.9. The van der Waals surface area contributed by atoms with Gasteiger partial charge in [0.05, 0.1) is 16.6 Å². The molecule has 2 heterocycles. The van der Waals surface area contributed by atoms with Crippen molar-refractivity contribution in [3.05, 3.63) is 15.6 Å². The summed E-state index contributed by atoms with van der Waals surface area (Å²) in [6, 6.07) is 0.267. The Hall–Kier alpha value is -1.47. The second-order valence-corrected chi connectivity index (χ2v) is 9.73. The number of rotatable bonds is 4. The number of amides is 1. The highest BCUT2D eigenvalue weighted by Gasteiger charge is 2.32. The van der Waals surface area contributed by atoms with E-state index in [0.717, 1.165) is 51.6 Å². The van der Waals surface area contributed by atoms with Crippen LogP contribution >= 0.6 is 11.3 Å². The number of thiazole rings is 1. The number of hydrogen-bond donors (Lipinski definition) is 3. The number of hydrogen-bond acceptors (Lipinski definition) is 5. The highest BCUT2D eigenvalue weighted by molar-refractivity contribution is 7.11. The van der Waals surface area contributed by atoms with Crippen LogP contribution < -0.4 is 10.6 Å². The molecule has 0 spiro atoms. The van der Waals surface area contributed by atoms with E-state index in [1.165, 1.54) is 15.6 Å². The van der Waals surface area contributed by atoms with E-state index >= 15 is 0 Å². The minimum absolute atomic E-state index is 0.00319. The van der Waals surface area contributed by atoms with Crippen LogP contribution in [0.5, 0.6) is 0 Å². The third kappa shape index (κ3) is 4.57. The first-order chi connectivity index (χ1) is 13.6. The zero-order valence-electron chi connectivity index (χ0n) is 16.4. The van der Waals surface area contributed by atoms with Crippen LogP contribution in [-0.2, 0) is 22.4 Å². The maximum Gasteiger partial charge on any atom is 0.306 e. The van der Waals surface area contributed by atoms with Crippen LogP contribution in [-0.4, -0.2) is 41.1 Å². The Morgan fingerprint density at radius 1 is 0.964 bits per heavy atom. The van der Waals surface area contributed by atoms with Crippen LogP contribution in [0.1, 0.15) is 72.9 Å². The Kier molecular flexibility index (Phi) is 6.31. The first-order valence-corrected chi connectivity index (χ1v) is 11.6. The van der Waals surface area contributed by atoms with Gasteiger partial charge in [0.1, 0.15) is 0 Å². The summed E-state index contributed by atoms with van der Waals surface area (Å²) in [5.41, 5.74) is 1.30. The lowest BCUT2D eigenvalue weighted by Crippen LogP contribution is -2.42. The van der Waals surface area contributed by atoms with Gasteiger partial charge in [-0.3, -0.25) is 9.59 Å². The topological polar surface area (TPSA) is 91.3 Å². The fourth-order valence-corrected chi connectivity index (χ4v) is 6.19. The molecule has 4 rings (SSSR count). The Morgan fingerprint density at radius 2 is 1.64 bits per heavy atom. The monoisotopic (exact) mass is 405 g/mol. The molecule has 2 aliphatic carbocycles. The summed E-state index contributed by atoms with van der Waals surface area (Å²) in [5, 5.41) is 17.1. The van der Waals surface area contributed by atoms with Crippen LogP contribution in [0.2, 0.25) is 0 Å². The Labute approximate surface area is 170 Å². The molecular formula is C21H31N3O3S. The van der Waals surface area contributed by atoms with Crippen molar-refractivity contribution in [2.45, 2.75) is 76.2 Å². The van der Waals surface area contributed by atoms with Crippen molar-refractivity contribution >= 4 is 23.2 Å². The van der Waals surface area contributed by atoms with Gasteiger partial charge in [-0.1, -0.05) is 0 Å². The maximum atomic E-state index is 12.6. The minimum atomic E-state index is -0.715. The molecule has 1 amide bonds. The quantitative estimate of drug-likeness (QED) is 0.716. The highest BCUT2D eigenvalue weighted by Crippen LogP contribution is 2.37. The Morgan fingerprint density at radius 3 is 2.36 bits per heavy atom. The zero-order chi connectivity index (χ0) is 19.5. The molecule has 154 valence electrons. The molecule has 6 nitrogen and oxygen atoms in total.